The number of β-lactam (4-membered cyclic amide) rings is 1. The average molecular weight is 652 g/mol. The second kappa shape index (κ2) is 13.4. The van der Waals surface area contributed by atoms with Crippen LogP contribution in [-0.2, 0) is 41.8 Å². The van der Waals surface area contributed by atoms with Crippen LogP contribution in [0.4, 0.5) is 14.7 Å². The van der Waals surface area contributed by atoms with Gasteiger partial charge in [0.05, 0.1) is 19.1 Å². The number of nitrogens with one attached hydrogen (secondary N) is 4. The lowest BCUT2D eigenvalue weighted by molar-refractivity contribution is -0.161. The zero-order valence-corrected chi connectivity index (χ0v) is 26.9. The van der Waals surface area contributed by atoms with Gasteiger partial charge in [0.25, 0.3) is 5.91 Å². The monoisotopic (exact) mass is 651 g/mol. The van der Waals surface area contributed by atoms with E-state index in [4.69, 9.17) is 14.3 Å². The first kappa shape index (κ1) is 34.7. The van der Waals surface area contributed by atoms with Crippen molar-refractivity contribution in [1.29, 1.82) is 0 Å². The standard InChI is InChI=1S/C26H37N9O9S/c1-24(2,3)42-22(40)27-9-15-28-12-29-35(15)10-13-16(18(36)30-13)32-19(37)17(34-44-26(7,8)20(38)39)14-11-45-21(31-14)33-23(41)43-25(4,5)6/h11-13,16H,9-10H2,1-8H3,(H,27,40)(H,30,36)(H,32,37)(H,38,39)(H,31,33,41)/b34-17-/t13-,16+/m1/s1. The molecule has 1 aliphatic heterocycles. The molecule has 5 N–H and O–H groups in total. The van der Waals surface area contributed by atoms with Crippen LogP contribution in [0.25, 0.3) is 0 Å². The summed E-state index contributed by atoms with van der Waals surface area (Å²) in [5.41, 5.74) is -3.78. The fraction of sp³-hybridized carbons (Fsp3) is 0.577. The van der Waals surface area contributed by atoms with Crippen LogP contribution in [0.15, 0.2) is 16.9 Å². The molecule has 0 radical (unpaired) electrons. The maximum absolute atomic E-state index is 13.4. The van der Waals surface area contributed by atoms with Crippen LogP contribution in [0.1, 0.15) is 66.9 Å². The molecule has 18 nitrogen and oxygen atoms in total. The number of nitrogens with zero attached hydrogens (tertiary/aromatic N) is 5. The lowest BCUT2D eigenvalue weighted by Crippen LogP contribution is -2.70. The van der Waals surface area contributed by atoms with Crippen LogP contribution in [0.5, 0.6) is 0 Å². The van der Waals surface area contributed by atoms with E-state index in [-0.39, 0.29) is 23.9 Å². The lowest BCUT2D eigenvalue weighted by Gasteiger charge is -2.37. The van der Waals surface area contributed by atoms with Crippen molar-refractivity contribution in [3.63, 3.8) is 0 Å². The Kier molecular flexibility index (Phi) is 10.4. The third kappa shape index (κ3) is 10.1. The highest BCUT2D eigenvalue weighted by Gasteiger charge is 2.42. The zero-order chi connectivity index (χ0) is 33.7. The summed E-state index contributed by atoms with van der Waals surface area (Å²) in [4.78, 5) is 75.1. The largest absolute Gasteiger partial charge is 0.478 e. The Bertz CT molecular complexity index is 1470. The van der Waals surface area contributed by atoms with Crippen molar-refractivity contribution in [2.24, 2.45) is 5.16 Å². The van der Waals surface area contributed by atoms with E-state index in [2.05, 4.69) is 41.5 Å². The Morgan fingerprint density at radius 2 is 1.71 bits per heavy atom. The second-order valence-corrected chi connectivity index (χ2v) is 13.1. The molecule has 2 aromatic rings. The van der Waals surface area contributed by atoms with Crippen LogP contribution < -0.4 is 21.3 Å². The molecule has 0 aromatic carbocycles. The van der Waals surface area contributed by atoms with Gasteiger partial charge in [-0.25, -0.2) is 29.0 Å². The molecule has 1 saturated heterocycles. The summed E-state index contributed by atoms with van der Waals surface area (Å²) in [5, 5.41) is 29.0. The average Bonchev–Trinajstić information content (AvgIpc) is 3.53. The molecule has 3 heterocycles. The number of hydrogen-bond donors (Lipinski definition) is 5. The van der Waals surface area contributed by atoms with Gasteiger partial charge in [0, 0.05) is 5.38 Å². The molecule has 1 fully saturated rings. The van der Waals surface area contributed by atoms with Gasteiger partial charge in [0.2, 0.25) is 11.5 Å². The third-order valence-corrected chi connectivity index (χ3v) is 6.36. The summed E-state index contributed by atoms with van der Waals surface area (Å²) in [6.07, 6.45) is -0.152. The van der Waals surface area contributed by atoms with Crippen LogP contribution in [0.3, 0.4) is 0 Å². The number of carboxylic acid groups (broad SMARTS) is 1. The molecule has 2 atom stereocenters. The van der Waals surface area contributed by atoms with Crippen LogP contribution in [0.2, 0.25) is 0 Å². The molecule has 1 aliphatic rings. The zero-order valence-electron chi connectivity index (χ0n) is 26.1. The summed E-state index contributed by atoms with van der Waals surface area (Å²) >= 11 is 0.950. The van der Waals surface area contributed by atoms with Crippen LogP contribution >= 0.6 is 11.3 Å². The minimum absolute atomic E-state index is 0.0103. The molecular weight excluding hydrogens is 614 g/mol. The number of carbonyl (C=O) groups is 5. The SMILES string of the molecule is CC(C)(C)OC(=O)NCc1ncnn1C[C@H]1NC(=O)[C@H]1NC(=O)/C(=N\OC(C)(C)C(=O)O)c1csc(NC(=O)OC(C)(C)C)n1. The highest BCUT2D eigenvalue weighted by Crippen LogP contribution is 2.20. The minimum atomic E-state index is -1.81. The molecule has 246 valence electrons. The van der Waals surface area contributed by atoms with Gasteiger partial charge in [-0.15, -0.1) is 11.3 Å². The van der Waals surface area contributed by atoms with E-state index in [0.717, 1.165) is 11.3 Å². The third-order valence-electron chi connectivity index (χ3n) is 5.60. The number of aromatic nitrogens is 4. The van der Waals surface area contributed by atoms with Crippen LogP contribution in [-0.4, -0.2) is 89.4 Å². The van der Waals surface area contributed by atoms with E-state index in [1.807, 2.05) is 0 Å². The quantitative estimate of drug-likeness (QED) is 0.132. The van der Waals surface area contributed by atoms with E-state index in [1.165, 1.54) is 30.2 Å². The van der Waals surface area contributed by atoms with E-state index in [9.17, 15) is 29.1 Å². The highest BCUT2D eigenvalue weighted by molar-refractivity contribution is 7.14. The van der Waals surface area contributed by atoms with E-state index >= 15 is 0 Å². The first-order valence-corrected chi connectivity index (χ1v) is 14.5. The smallest absolute Gasteiger partial charge is 0.413 e. The van der Waals surface area contributed by atoms with E-state index in [1.54, 1.807) is 41.5 Å². The number of alkyl carbamates (subject to hydrolysis) is 1. The summed E-state index contributed by atoms with van der Waals surface area (Å²) in [7, 11) is 0. The van der Waals surface area contributed by atoms with Crippen molar-refractivity contribution in [3.05, 3.63) is 23.2 Å². The number of oxime groups is 1. The molecule has 19 heteroatoms. The number of carbonyl (C=O) groups excluding carboxylic acids is 4. The van der Waals surface area contributed by atoms with Crippen molar-refractivity contribution in [2.45, 2.75) is 97.4 Å². The first-order chi connectivity index (χ1) is 20.7. The summed E-state index contributed by atoms with van der Waals surface area (Å²) in [6.45, 7) is 12.8. The summed E-state index contributed by atoms with van der Waals surface area (Å²) in [5.74, 6) is -2.38. The predicted molar refractivity (Wildman–Crippen MR) is 158 cm³/mol. The van der Waals surface area contributed by atoms with E-state index in [0.29, 0.717) is 5.82 Å². The lowest BCUT2D eigenvalue weighted by atomic mass is 9.98. The molecule has 4 amide bonds. The molecule has 0 saturated carbocycles. The Morgan fingerprint density at radius 1 is 1.07 bits per heavy atom. The molecule has 45 heavy (non-hydrogen) atoms. The van der Waals surface area contributed by atoms with Crippen molar-refractivity contribution in [3.8, 4) is 0 Å². The van der Waals surface area contributed by atoms with E-state index < -0.39 is 64.6 Å². The fourth-order valence-electron chi connectivity index (χ4n) is 3.43. The molecule has 0 bridgehead atoms. The normalized spacial score (nSPS) is 17.0. The van der Waals surface area contributed by atoms with Gasteiger partial charge >= 0.3 is 18.2 Å². The van der Waals surface area contributed by atoms with Crippen molar-refractivity contribution < 1.29 is 43.4 Å². The first-order valence-electron chi connectivity index (χ1n) is 13.6. The molecule has 3 rings (SSSR count). The Hall–Kier alpha value is -4.81. The fourth-order valence-corrected chi connectivity index (χ4v) is 4.11. The highest BCUT2D eigenvalue weighted by atomic mass is 32.1. The maximum Gasteiger partial charge on any atom is 0.413 e. The minimum Gasteiger partial charge on any atom is -0.478 e. The molecule has 0 aliphatic carbocycles. The van der Waals surface area contributed by atoms with Crippen molar-refractivity contribution in [1.82, 2.24) is 35.7 Å². The van der Waals surface area contributed by atoms with Gasteiger partial charge in [-0.05, 0) is 55.4 Å². The van der Waals surface area contributed by atoms with Gasteiger partial charge in [0.1, 0.15) is 35.1 Å². The molecule has 2 aromatic heterocycles. The number of amides is 4. The number of carboxylic acids is 1. The Morgan fingerprint density at radius 3 is 2.31 bits per heavy atom. The second-order valence-electron chi connectivity index (χ2n) is 12.3. The van der Waals surface area contributed by atoms with Gasteiger partial charge in [0.15, 0.2) is 10.8 Å². The topological polar surface area (TPSA) is 237 Å². The predicted octanol–water partition coefficient (Wildman–Crippen LogP) is 1.37. The number of thiazole rings is 1. The van der Waals surface area contributed by atoms with Crippen LogP contribution in [0, 0.1) is 0 Å². The number of aliphatic carboxylic acids is 1. The van der Waals surface area contributed by atoms with Gasteiger partial charge < -0.3 is 35.4 Å². The Labute approximate surface area is 262 Å². The number of anilines is 1. The van der Waals surface area contributed by atoms with Crippen molar-refractivity contribution in [2.75, 3.05) is 5.32 Å². The van der Waals surface area contributed by atoms with Gasteiger partial charge in [-0.3, -0.25) is 14.9 Å². The Balaban J connectivity index is 1.74. The summed E-state index contributed by atoms with van der Waals surface area (Å²) < 4.78 is 11.9. The van der Waals surface area contributed by atoms with Gasteiger partial charge in [-0.2, -0.15) is 5.10 Å². The number of rotatable bonds is 11. The van der Waals surface area contributed by atoms with Gasteiger partial charge in [-0.1, -0.05) is 5.16 Å². The molecular formula is C26H37N9O9S. The summed E-state index contributed by atoms with van der Waals surface area (Å²) in [6, 6.07) is -1.69. The number of ether oxygens (including phenoxy) is 2. The maximum atomic E-state index is 13.4. The number of hydrogen-bond acceptors (Lipinski definition) is 13. The van der Waals surface area contributed by atoms with Crippen molar-refractivity contribution >= 4 is 52.2 Å². The molecule has 0 spiro atoms. The molecule has 0 unspecified atom stereocenters.